The number of para-hydroxylation sites is 1. The lowest BCUT2D eigenvalue weighted by atomic mass is 9.93. The molecule has 1 N–H and O–H groups in total. The first-order chi connectivity index (χ1) is 12.7. The number of nitrogens with zero attached hydrogens (tertiary/aromatic N) is 2. The first-order valence-corrected chi connectivity index (χ1v) is 8.97. The van der Waals surface area contributed by atoms with Gasteiger partial charge in [-0.15, -0.1) is 0 Å². The van der Waals surface area contributed by atoms with Gasteiger partial charge < -0.3 is 15.0 Å². The lowest BCUT2D eigenvalue weighted by Gasteiger charge is -2.25. The summed E-state index contributed by atoms with van der Waals surface area (Å²) in [5, 5.41) is 2.76. The fourth-order valence-electron chi connectivity index (χ4n) is 3.72. The van der Waals surface area contributed by atoms with E-state index < -0.39 is 0 Å². The predicted molar refractivity (Wildman–Crippen MR) is 97.3 cm³/mol. The van der Waals surface area contributed by atoms with Crippen LogP contribution in [0.2, 0.25) is 0 Å². The van der Waals surface area contributed by atoms with Crippen molar-refractivity contribution in [3.8, 4) is 5.75 Å². The summed E-state index contributed by atoms with van der Waals surface area (Å²) in [6.45, 7) is 1.39. The molecule has 0 radical (unpaired) electrons. The number of aromatic nitrogens is 1. The molecule has 0 bridgehead atoms. The van der Waals surface area contributed by atoms with Crippen LogP contribution in [0, 0.1) is 0 Å². The molecule has 0 saturated carbocycles. The molecule has 0 spiro atoms. The Morgan fingerprint density at radius 3 is 2.85 bits per heavy atom. The molecule has 4 rings (SSSR count). The number of benzene rings is 1. The van der Waals surface area contributed by atoms with Crippen LogP contribution < -0.4 is 10.1 Å². The number of nitrogens with one attached hydrogen (secondary N) is 1. The molecule has 0 aliphatic carbocycles. The average molecular weight is 351 g/mol. The number of fused-ring (bicyclic) bond motifs is 1. The number of rotatable bonds is 2. The Balaban J connectivity index is 1.51. The maximum Gasteiger partial charge on any atom is 0.262 e. The van der Waals surface area contributed by atoms with Crippen LogP contribution in [0.5, 0.6) is 5.75 Å². The highest BCUT2D eigenvalue weighted by atomic mass is 16.5. The topological polar surface area (TPSA) is 71.5 Å². The molecule has 1 aromatic carbocycles. The molecule has 2 amide bonds. The van der Waals surface area contributed by atoms with E-state index in [-0.39, 0.29) is 18.4 Å². The molecule has 6 heteroatoms. The number of carbonyl (C=O) groups is 2. The zero-order valence-electron chi connectivity index (χ0n) is 14.5. The molecule has 6 nitrogen and oxygen atoms in total. The third-order valence-electron chi connectivity index (χ3n) is 5.06. The monoisotopic (exact) mass is 351 g/mol. The van der Waals surface area contributed by atoms with Crippen LogP contribution in [0.4, 0.5) is 5.69 Å². The lowest BCUT2D eigenvalue weighted by Crippen LogP contribution is -2.33. The summed E-state index contributed by atoms with van der Waals surface area (Å²) in [5.74, 6) is 0.702. The maximum absolute atomic E-state index is 13.1. The molecule has 1 atom stereocenters. The Morgan fingerprint density at radius 2 is 2.00 bits per heavy atom. The zero-order valence-corrected chi connectivity index (χ0v) is 14.5. The molecule has 26 heavy (non-hydrogen) atoms. The summed E-state index contributed by atoms with van der Waals surface area (Å²) in [5.41, 5.74) is 2.37. The Kier molecular flexibility index (Phi) is 4.56. The summed E-state index contributed by atoms with van der Waals surface area (Å²) in [6.07, 6.45) is 6.61. The van der Waals surface area contributed by atoms with Crippen LogP contribution in [0.1, 0.15) is 41.1 Å². The van der Waals surface area contributed by atoms with E-state index in [1.165, 1.54) is 5.56 Å². The Hall–Kier alpha value is -2.89. The Bertz CT molecular complexity index is 822. The normalized spacial score (nSPS) is 19.8. The number of anilines is 1. The number of pyridine rings is 1. The SMILES string of the molecule is O=C1COc2c(cccc2C(=O)N2CCCC(c3ccncc3)CC2)N1. The molecule has 1 unspecified atom stereocenters. The van der Waals surface area contributed by atoms with Crippen molar-refractivity contribution in [1.29, 1.82) is 0 Å². The van der Waals surface area contributed by atoms with Crippen molar-refractivity contribution in [1.82, 2.24) is 9.88 Å². The quantitative estimate of drug-likeness (QED) is 0.903. The third kappa shape index (κ3) is 3.27. The van der Waals surface area contributed by atoms with Gasteiger partial charge in [0.25, 0.3) is 11.8 Å². The van der Waals surface area contributed by atoms with Gasteiger partial charge in [0, 0.05) is 25.5 Å². The number of carbonyl (C=O) groups excluding carboxylic acids is 2. The molecule has 2 aliphatic rings. The van der Waals surface area contributed by atoms with E-state index in [9.17, 15) is 9.59 Å². The number of amides is 2. The van der Waals surface area contributed by atoms with E-state index in [0.717, 1.165) is 25.8 Å². The van der Waals surface area contributed by atoms with Gasteiger partial charge in [-0.25, -0.2) is 0 Å². The molecule has 1 fully saturated rings. The van der Waals surface area contributed by atoms with E-state index in [2.05, 4.69) is 22.4 Å². The summed E-state index contributed by atoms with van der Waals surface area (Å²) >= 11 is 0. The van der Waals surface area contributed by atoms with Gasteiger partial charge >= 0.3 is 0 Å². The van der Waals surface area contributed by atoms with Crippen LogP contribution in [-0.2, 0) is 4.79 Å². The highest BCUT2D eigenvalue weighted by Gasteiger charge is 2.27. The van der Waals surface area contributed by atoms with Crippen LogP contribution in [0.15, 0.2) is 42.7 Å². The first-order valence-electron chi connectivity index (χ1n) is 8.97. The van der Waals surface area contributed by atoms with Gasteiger partial charge in [-0.1, -0.05) is 6.07 Å². The Morgan fingerprint density at radius 1 is 1.15 bits per heavy atom. The van der Waals surface area contributed by atoms with Crippen LogP contribution >= 0.6 is 0 Å². The zero-order chi connectivity index (χ0) is 17.9. The minimum Gasteiger partial charge on any atom is -0.481 e. The molecular formula is C20H21N3O3. The molecule has 134 valence electrons. The molecule has 1 aromatic heterocycles. The van der Waals surface area contributed by atoms with Crippen molar-refractivity contribution in [3.63, 3.8) is 0 Å². The lowest BCUT2D eigenvalue weighted by molar-refractivity contribution is -0.118. The molecule has 1 saturated heterocycles. The molecule has 3 heterocycles. The van der Waals surface area contributed by atoms with E-state index in [1.54, 1.807) is 18.2 Å². The van der Waals surface area contributed by atoms with Crippen molar-refractivity contribution in [2.24, 2.45) is 0 Å². The number of hydrogen-bond acceptors (Lipinski definition) is 4. The smallest absolute Gasteiger partial charge is 0.262 e. The summed E-state index contributed by atoms with van der Waals surface area (Å²) in [7, 11) is 0. The van der Waals surface area contributed by atoms with Crippen LogP contribution in [-0.4, -0.2) is 41.4 Å². The predicted octanol–water partition coefficient (Wildman–Crippen LogP) is 2.82. The van der Waals surface area contributed by atoms with Gasteiger partial charge in [-0.3, -0.25) is 14.6 Å². The highest BCUT2D eigenvalue weighted by Crippen LogP contribution is 2.34. The van der Waals surface area contributed by atoms with Gasteiger partial charge in [0.05, 0.1) is 11.3 Å². The largest absolute Gasteiger partial charge is 0.481 e. The van der Waals surface area contributed by atoms with Gasteiger partial charge in [0.2, 0.25) is 0 Å². The van der Waals surface area contributed by atoms with Gasteiger partial charge in [0.1, 0.15) is 0 Å². The van der Waals surface area contributed by atoms with Gasteiger partial charge in [0.15, 0.2) is 12.4 Å². The minimum absolute atomic E-state index is 0.0339. The van der Waals surface area contributed by atoms with Crippen molar-refractivity contribution >= 4 is 17.5 Å². The summed E-state index contributed by atoms with van der Waals surface area (Å²) < 4.78 is 5.53. The molecule has 2 aliphatic heterocycles. The number of hydrogen-bond donors (Lipinski definition) is 1. The third-order valence-corrected chi connectivity index (χ3v) is 5.06. The maximum atomic E-state index is 13.1. The van der Waals surface area contributed by atoms with Crippen molar-refractivity contribution in [2.75, 3.05) is 25.0 Å². The fourth-order valence-corrected chi connectivity index (χ4v) is 3.72. The fraction of sp³-hybridized carbons (Fsp3) is 0.350. The van der Waals surface area contributed by atoms with Crippen molar-refractivity contribution in [3.05, 3.63) is 53.9 Å². The second-order valence-corrected chi connectivity index (χ2v) is 6.72. The van der Waals surface area contributed by atoms with E-state index in [1.807, 2.05) is 17.3 Å². The minimum atomic E-state index is -0.197. The molecule has 2 aromatic rings. The van der Waals surface area contributed by atoms with Gasteiger partial charge in [-0.05, 0) is 55.0 Å². The van der Waals surface area contributed by atoms with E-state index >= 15 is 0 Å². The van der Waals surface area contributed by atoms with Crippen molar-refractivity contribution in [2.45, 2.75) is 25.2 Å². The summed E-state index contributed by atoms with van der Waals surface area (Å²) in [6, 6.07) is 9.42. The molecular weight excluding hydrogens is 330 g/mol. The second-order valence-electron chi connectivity index (χ2n) is 6.72. The van der Waals surface area contributed by atoms with Crippen molar-refractivity contribution < 1.29 is 14.3 Å². The Labute approximate surface area is 152 Å². The van der Waals surface area contributed by atoms with Gasteiger partial charge in [-0.2, -0.15) is 0 Å². The number of likely N-dealkylation sites (tertiary alicyclic amines) is 1. The highest BCUT2D eigenvalue weighted by molar-refractivity contribution is 6.03. The summed E-state index contributed by atoms with van der Waals surface area (Å²) in [4.78, 5) is 30.5. The van der Waals surface area contributed by atoms with Crippen LogP contribution in [0.25, 0.3) is 0 Å². The number of ether oxygens (including phenoxy) is 1. The van der Waals surface area contributed by atoms with Crippen LogP contribution in [0.3, 0.4) is 0 Å². The second kappa shape index (κ2) is 7.15. The van der Waals surface area contributed by atoms with E-state index in [4.69, 9.17) is 4.74 Å². The van der Waals surface area contributed by atoms with E-state index in [0.29, 0.717) is 29.5 Å². The standard InChI is InChI=1S/C20H21N3O3/c24-18-13-26-19-16(4-1-5-17(19)22-18)20(25)23-11-2-3-14(8-12-23)15-6-9-21-10-7-15/h1,4-7,9-10,14H,2-3,8,11-13H2,(H,22,24). The first kappa shape index (κ1) is 16.6. The average Bonchev–Trinajstić information content (AvgIpc) is 2.93.